The molecule has 17 nitrogen and oxygen atoms in total. The minimum Gasteiger partial charge on any atom is -0.462 e. The van der Waals surface area contributed by atoms with Crippen LogP contribution in [0.3, 0.4) is 0 Å². The Kier molecular flexibility index (Phi) is 71.2. The molecule has 0 aliphatic rings. The lowest BCUT2D eigenvalue weighted by molar-refractivity contribution is -0.161. The summed E-state index contributed by atoms with van der Waals surface area (Å²) in [6.07, 6.45) is 62.2. The van der Waals surface area contributed by atoms with Crippen molar-refractivity contribution in [2.45, 2.75) is 445 Å². The van der Waals surface area contributed by atoms with Gasteiger partial charge in [-0.25, -0.2) is 9.13 Å². The van der Waals surface area contributed by atoms with Crippen LogP contribution in [0.4, 0.5) is 0 Å². The molecule has 19 heteroatoms. The third-order valence-corrected chi connectivity index (χ3v) is 20.9. The van der Waals surface area contributed by atoms with E-state index in [2.05, 4.69) is 41.5 Å². The number of carbonyl (C=O) groups excluding carboxylic acids is 4. The standard InChI is InChI=1S/C81H158O17P2/c1-7-9-11-13-15-17-19-21-28-35-41-47-53-59-65-80(85)97-76(69-91-78(83)63-57-51-45-39-33-20-18-16-14-12-10-8-2)71-95-99(87,88)93-67-75(82)68-94-100(89,90)96-72-77(98-81(86)66-60-54-48-42-36-30-25-23-27-32-38-44-50-56-62-74(5)6)70-92-79(84)64-58-52-46-40-34-29-24-22-26-31-37-43-49-55-61-73(3)4/h73-77,82H,7-72H2,1-6H3,(H,87,88)(H,89,90)/t75-,76+,77+/m0/s1. The molecule has 0 aliphatic heterocycles. The molecular weight excluding hydrogens is 1310 g/mol. The molecule has 0 fully saturated rings. The van der Waals surface area contributed by atoms with Crippen molar-refractivity contribution < 1.29 is 80.2 Å². The number of ether oxygens (including phenoxy) is 4. The zero-order chi connectivity index (χ0) is 73.5. The molecule has 0 amide bonds. The molecule has 0 aromatic heterocycles. The van der Waals surface area contributed by atoms with Crippen molar-refractivity contribution in [3.8, 4) is 0 Å². The van der Waals surface area contributed by atoms with Crippen LogP contribution in [-0.4, -0.2) is 96.7 Å². The SMILES string of the molecule is CCCCCCCCCCCCCCCCC(=O)O[C@H](COC(=O)CCCCCCCCCCCCCC)COP(=O)(O)OC[C@H](O)COP(=O)(O)OC[C@@H](COC(=O)CCCCCCCCCCCCCCCCC(C)C)OC(=O)CCCCCCCCCCCCCCCCC(C)C. The summed E-state index contributed by atoms with van der Waals surface area (Å²) in [5.74, 6) is -0.511. The summed E-state index contributed by atoms with van der Waals surface area (Å²) in [5, 5.41) is 10.6. The van der Waals surface area contributed by atoms with Gasteiger partial charge in [0, 0.05) is 25.7 Å². The van der Waals surface area contributed by atoms with Crippen LogP contribution in [0.15, 0.2) is 0 Å². The van der Waals surface area contributed by atoms with Gasteiger partial charge in [0.2, 0.25) is 0 Å². The highest BCUT2D eigenvalue weighted by Gasteiger charge is 2.30. The van der Waals surface area contributed by atoms with Crippen molar-refractivity contribution in [3.05, 3.63) is 0 Å². The number of hydrogen-bond donors (Lipinski definition) is 3. The van der Waals surface area contributed by atoms with Crippen molar-refractivity contribution in [2.24, 2.45) is 11.8 Å². The number of hydrogen-bond acceptors (Lipinski definition) is 15. The van der Waals surface area contributed by atoms with Crippen molar-refractivity contribution in [3.63, 3.8) is 0 Å². The van der Waals surface area contributed by atoms with Crippen LogP contribution in [0.25, 0.3) is 0 Å². The van der Waals surface area contributed by atoms with Gasteiger partial charge in [0.05, 0.1) is 26.4 Å². The van der Waals surface area contributed by atoms with Gasteiger partial charge in [-0.3, -0.25) is 37.3 Å². The minimum atomic E-state index is -4.96. The predicted octanol–water partition coefficient (Wildman–Crippen LogP) is 24.3. The lowest BCUT2D eigenvalue weighted by Gasteiger charge is -2.21. The Hall–Kier alpha value is -1.94. The smallest absolute Gasteiger partial charge is 0.462 e. The summed E-state index contributed by atoms with van der Waals surface area (Å²) < 4.78 is 68.8. The van der Waals surface area contributed by atoms with Gasteiger partial charge >= 0.3 is 39.5 Å². The van der Waals surface area contributed by atoms with Crippen LogP contribution in [0.5, 0.6) is 0 Å². The number of aliphatic hydroxyl groups excluding tert-OH is 1. The summed E-state index contributed by atoms with van der Waals surface area (Å²) in [5.41, 5.74) is 0. The number of phosphoric ester groups is 2. The Morgan fingerprint density at radius 2 is 0.460 bits per heavy atom. The highest BCUT2D eigenvalue weighted by atomic mass is 31.2. The van der Waals surface area contributed by atoms with E-state index >= 15 is 0 Å². The summed E-state index contributed by atoms with van der Waals surface area (Å²) in [4.78, 5) is 73.1. The Labute approximate surface area is 613 Å². The highest BCUT2D eigenvalue weighted by molar-refractivity contribution is 7.47. The minimum absolute atomic E-state index is 0.108. The number of rotatable bonds is 80. The zero-order valence-corrected chi connectivity index (χ0v) is 67.3. The Bertz CT molecular complexity index is 1920. The van der Waals surface area contributed by atoms with Crippen molar-refractivity contribution in [1.82, 2.24) is 0 Å². The van der Waals surface area contributed by atoms with Gasteiger partial charge < -0.3 is 33.8 Å². The predicted molar refractivity (Wildman–Crippen MR) is 409 cm³/mol. The summed E-state index contributed by atoms with van der Waals surface area (Å²) in [7, 11) is -9.92. The molecule has 100 heavy (non-hydrogen) atoms. The van der Waals surface area contributed by atoms with Crippen molar-refractivity contribution in [1.29, 1.82) is 0 Å². The van der Waals surface area contributed by atoms with Gasteiger partial charge in [-0.05, 0) is 37.5 Å². The molecule has 0 spiro atoms. The molecule has 0 bridgehead atoms. The molecule has 5 atom stereocenters. The van der Waals surface area contributed by atoms with E-state index in [1.807, 2.05) is 0 Å². The van der Waals surface area contributed by atoms with Crippen LogP contribution in [-0.2, 0) is 65.4 Å². The molecule has 0 aliphatic carbocycles. The number of unbranched alkanes of at least 4 members (excludes halogenated alkanes) is 50. The van der Waals surface area contributed by atoms with E-state index in [9.17, 15) is 43.2 Å². The van der Waals surface area contributed by atoms with Gasteiger partial charge in [-0.15, -0.1) is 0 Å². The summed E-state index contributed by atoms with van der Waals surface area (Å²) in [6, 6.07) is 0. The van der Waals surface area contributed by atoms with E-state index in [-0.39, 0.29) is 25.7 Å². The van der Waals surface area contributed by atoms with Crippen LogP contribution in [0.2, 0.25) is 0 Å². The normalized spacial score (nSPS) is 13.9. The Balaban J connectivity index is 5.26. The second-order valence-electron chi connectivity index (χ2n) is 30.1. The molecule has 0 aromatic carbocycles. The third-order valence-electron chi connectivity index (χ3n) is 19.0. The monoisotopic (exact) mass is 1470 g/mol. The van der Waals surface area contributed by atoms with Gasteiger partial charge in [0.25, 0.3) is 0 Å². The quantitative estimate of drug-likeness (QED) is 0.0222. The van der Waals surface area contributed by atoms with Crippen LogP contribution in [0, 0.1) is 11.8 Å². The highest BCUT2D eigenvalue weighted by Crippen LogP contribution is 2.45. The molecule has 0 radical (unpaired) electrons. The summed E-state index contributed by atoms with van der Waals surface area (Å²) >= 11 is 0. The molecule has 3 N–H and O–H groups in total. The maximum absolute atomic E-state index is 13.1. The Morgan fingerprint density at radius 1 is 0.270 bits per heavy atom. The molecule has 0 saturated heterocycles. The fraction of sp³-hybridized carbons (Fsp3) is 0.951. The fourth-order valence-electron chi connectivity index (χ4n) is 12.5. The summed E-state index contributed by atoms with van der Waals surface area (Å²) in [6.45, 7) is 9.69. The van der Waals surface area contributed by atoms with Crippen LogP contribution in [0.1, 0.15) is 427 Å². The van der Waals surface area contributed by atoms with E-state index in [1.165, 1.54) is 244 Å². The molecule has 0 rings (SSSR count). The molecule has 0 aromatic rings. The number of aliphatic hydroxyl groups is 1. The van der Waals surface area contributed by atoms with Gasteiger partial charge in [0.15, 0.2) is 12.2 Å². The zero-order valence-electron chi connectivity index (χ0n) is 65.5. The van der Waals surface area contributed by atoms with E-state index in [4.69, 9.17) is 37.0 Å². The van der Waals surface area contributed by atoms with E-state index < -0.39 is 97.5 Å². The van der Waals surface area contributed by atoms with E-state index in [0.717, 1.165) is 102 Å². The third kappa shape index (κ3) is 74.3. The maximum Gasteiger partial charge on any atom is 0.472 e. The first kappa shape index (κ1) is 98.1. The average Bonchev–Trinajstić information content (AvgIpc) is 1.35. The molecule has 0 heterocycles. The largest absolute Gasteiger partial charge is 0.472 e. The second-order valence-corrected chi connectivity index (χ2v) is 33.0. The molecule has 594 valence electrons. The first-order chi connectivity index (χ1) is 48.4. The fourth-order valence-corrected chi connectivity index (χ4v) is 14.1. The van der Waals surface area contributed by atoms with Gasteiger partial charge in [0.1, 0.15) is 19.3 Å². The first-order valence-corrected chi connectivity index (χ1v) is 45.0. The van der Waals surface area contributed by atoms with Crippen molar-refractivity contribution in [2.75, 3.05) is 39.6 Å². The lowest BCUT2D eigenvalue weighted by Crippen LogP contribution is -2.30. The number of phosphoric acid groups is 2. The van der Waals surface area contributed by atoms with Gasteiger partial charge in [-0.1, -0.05) is 375 Å². The van der Waals surface area contributed by atoms with Crippen LogP contribution < -0.4 is 0 Å². The molecule has 0 saturated carbocycles. The van der Waals surface area contributed by atoms with Gasteiger partial charge in [-0.2, -0.15) is 0 Å². The lowest BCUT2D eigenvalue weighted by atomic mass is 10.0. The van der Waals surface area contributed by atoms with Crippen LogP contribution >= 0.6 is 15.6 Å². The maximum atomic E-state index is 13.1. The van der Waals surface area contributed by atoms with E-state index in [0.29, 0.717) is 25.7 Å². The molecular formula is C81H158O17P2. The second kappa shape index (κ2) is 72.6. The topological polar surface area (TPSA) is 237 Å². The average molecular weight is 1470 g/mol. The van der Waals surface area contributed by atoms with E-state index in [1.54, 1.807) is 0 Å². The Morgan fingerprint density at radius 3 is 0.680 bits per heavy atom. The number of esters is 4. The first-order valence-electron chi connectivity index (χ1n) is 42.0. The molecule has 2 unspecified atom stereocenters. The van der Waals surface area contributed by atoms with Crippen molar-refractivity contribution >= 4 is 39.5 Å². The number of carbonyl (C=O) groups is 4.